The summed E-state index contributed by atoms with van der Waals surface area (Å²) in [4.78, 5) is 24.6. The summed E-state index contributed by atoms with van der Waals surface area (Å²) in [6.45, 7) is 0. The lowest BCUT2D eigenvalue weighted by molar-refractivity contribution is -0.131. The molecule has 3 aromatic carbocycles. The number of hydrogen-bond donors (Lipinski definition) is 4. The molecule has 1 atom stereocenters. The van der Waals surface area contributed by atoms with Gasteiger partial charge in [-0.1, -0.05) is 42.2 Å². The molecule has 0 radical (unpaired) electrons. The molecule has 6 heteroatoms. The maximum absolute atomic E-state index is 12.6. The molecule has 0 aliphatic carbocycles. The molecule has 3 aromatic rings. The van der Waals surface area contributed by atoms with Crippen molar-refractivity contribution in [1.82, 2.24) is 10.8 Å². The van der Waals surface area contributed by atoms with Crippen LogP contribution in [0.2, 0.25) is 0 Å². The molecule has 0 bridgehead atoms. The second-order valence-electron chi connectivity index (χ2n) is 6.89. The van der Waals surface area contributed by atoms with E-state index in [0.29, 0.717) is 16.8 Å². The van der Waals surface area contributed by atoms with E-state index in [0.717, 1.165) is 11.1 Å². The Hall–Kier alpha value is -4.52. The van der Waals surface area contributed by atoms with Gasteiger partial charge in [0.15, 0.2) is 0 Å². The summed E-state index contributed by atoms with van der Waals surface area (Å²) in [5.74, 6) is 10.3. The van der Waals surface area contributed by atoms with Crippen molar-refractivity contribution in [2.45, 2.75) is 12.5 Å². The Kier molecular flexibility index (Phi) is 7.64. The van der Waals surface area contributed by atoms with Crippen molar-refractivity contribution in [2.75, 3.05) is 5.73 Å². The van der Waals surface area contributed by atoms with Gasteiger partial charge >= 0.3 is 0 Å². The van der Waals surface area contributed by atoms with Crippen molar-refractivity contribution in [3.05, 3.63) is 101 Å². The largest absolute Gasteiger partial charge is 0.399 e. The zero-order valence-corrected chi connectivity index (χ0v) is 17.1. The number of hydrogen-bond acceptors (Lipinski definition) is 4. The zero-order valence-electron chi connectivity index (χ0n) is 17.1. The normalized spacial score (nSPS) is 10.5. The van der Waals surface area contributed by atoms with E-state index in [1.807, 2.05) is 42.5 Å². The predicted octanol–water partition coefficient (Wildman–Crippen LogP) is 2.52. The molecule has 2 amide bonds. The summed E-state index contributed by atoms with van der Waals surface area (Å²) in [6, 6.07) is 22.1. The van der Waals surface area contributed by atoms with Crippen molar-refractivity contribution >= 4 is 17.5 Å². The zero-order chi connectivity index (χ0) is 22.8. The van der Waals surface area contributed by atoms with Crippen LogP contribution in [0.15, 0.2) is 78.9 Å². The number of rotatable bonds is 5. The first-order valence-electron chi connectivity index (χ1n) is 9.81. The second kappa shape index (κ2) is 11.0. The van der Waals surface area contributed by atoms with Crippen LogP contribution in [0.5, 0.6) is 0 Å². The molecule has 3 rings (SSSR count). The number of carbonyl (C=O) groups is 2. The van der Waals surface area contributed by atoms with Gasteiger partial charge in [-0.05, 0) is 65.9 Å². The number of hydroxylamine groups is 1. The fraction of sp³-hybridized carbons (Fsp3) is 0.0769. The Morgan fingerprint density at radius 2 is 1.41 bits per heavy atom. The number of nitrogens with one attached hydrogen (secondary N) is 2. The van der Waals surface area contributed by atoms with E-state index < -0.39 is 17.9 Å². The fourth-order valence-corrected chi connectivity index (χ4v) is 2.86. The minimum atomic E-state index is -0.919. The van der Waals surface area contributed by atoms with Gasteiger partial charge in [-0.2, -0.15) is 0 Å². The van der Waals surface area contributed by atoms with E-state index in [1.165, 1.54) is 0 Å². The smallest absolute Gasteiger partial charge is 0.266 e. The van der Waals surface area contributed by atoms with Crippen LogP contribution >= 0.6 is 0 Å². The van der Waals surface area contributed by atoms with E-state index >= 15 is 0 Å². The number of amides is 2. The van der Waals surface area contributed by atoms with E-state index in [4.69, 9.17) is 10.9 Å². The van der Waals surface area contributed by atoms with Crippen LogP contribution in [0.1, 0.15) is 27.0 Å². The molecule has 0 saturated carbocycles. The minimum absolute atomic E-state index is 0.245. The summed E-state index contributed by atoms with van der Waals surface area (Å²) in [7, 11) is 0. The maximum Gasteiger partial charge on any atom is 0.266 e. The quantitative estimate of drug-likeness (QED) is 0.219. The van der Waals surface area contributed by atoms with Gasteiger partial charge in [0, 0.05) is 28.8 Å². The van der Waals surface area contributed by atoms with Crippen molar-refractivity contribution in [2.24, 2.45) is 0 Å². The lowest BCUT2D eigenvalue weighted by Crippen LogP contribution is -2.47. The molecule has 6 nitrogen and oxygen atoms in total. The highest BCUT2D eigenvalue weighted by atomic mass is 16.5. The molecule has 0 aliphatic heterocycles. The van der Waals surface area contributed by atoms with Crippen LogP contribution in [-0.4, -0.2) is 23.1 Å². The minimum Gasteiger partial charge on any atom is -0.399 e. The Morgan fingerprint density at radius 1 is 0.844 bits per heavy atom. The molecule has 0 aliphatic rings. The highest BCUT2D eigenvalue weighted by molar-refractivity contribution is 5.97. The van der Waals surface area contributed by atoms with Crippen LogP contribution in [0.4, 0.5) is 5.69 Å². The summed E-state index contributed by atoms with van der Waals surface area (Å²) in [6.07, 6.45) is 0.245. The molecule has 0 saturated heterocycles. The third-order valence-electron chi connectivity index (χ3n) is 4.55. The third kappa shape index (κ3) is 6.50. The van der Waals surface area contributed by atoms with Gasteiger partial charge in [-0.3, -0.25) is 14.8 Å². The van der Waals surface area contributed by atoms with E-state index in [-0.39, 0.29) is 6.42 Å². The Morgan fingerprint density at radius 3 is 1.97 bits per heavy atom. The molecule has 0 spiro atoms. The molecular formula is C26H21N3O3. The van der Waals surface area contributed by atoms with Gasteiger partial charge in [0.25, 0.3) is 11.8 Å². The molecule has 0 heterocycles. The van der Waals surface area contributed by atoms with Gasteiger partial charge in [0.2, 0.25) is 0 Å². The van der Waals surface area contributed by atoms with Crippen molar-refractivity contribution in [1.29, 1.82) is 0 Å². The van der Waals surface area contributed by atoms with Crippen LogP contribution in [-0.2, 0) is 11.2 Å². The molecule has 5 N–H and O–H groups in total. The van der Waals surface area contributed by atoms with Gasteiger partial charge in [-0.25, -0.2) is 5.48 Å². The standard InChI is InChI=1S/C26H21N3O3/c27-23-16-12-20(13-17-23)7-5-4-6-19-10-14-22(15-11-19)25(30)28-24(26(31)29-32)18-21-8-2-1-3-9-21/h1-3,8-17,24,32H,18,27H2,(H,28,30)(H,29,31)/t24-/m0/s1. The summed E-state index contributed by atoms with van der Waals surface area (Å²) in [5.41, 5.74) is 10.7. The SMILES string of the molecule is Nc1ccc(C#CC#Cc2ccc(C(=O)N[C@@H](Cc3ccccc3)C(=O)NO)cc2)cc1. The van der Waals surface area contributed by atoms with E-state index in [9.17, 15) is 9.59 Å². The Labute approximate surface area is 186 Å². The Bertz CT molecular complexity index is 1200. The summed E-state index contributed by atoms with van der Waals surface area (Å²) in [5, 5.41) is 11.7. The number of benzene rings is 3. The lowest BCUT2D eigenvalue weighted by Gasteiger charge is -2.17. The van der Waals surface area contributed by atoms with E-state index in [2.05, 4.69) is 29.0 Å². The lowest BCUT2D eigenvalue weighted by atomic mass is 10.0. The first-order valence-corrected chi connectivity index (χ1v) is 9.81. The first-order chi connectivity index (χ1) is 15.5. The summed E-state index contributed by atoms with van der Waals surface area (Å²) < 4.78 is 0. The first kappa shape index (κ1) is 22.2. The van der Waals surface area contributed by atoms with Crippen molar-refractivity contribution in [3.63, 3.8) is 0 Å². The number of nitrogen functional groups attached to an aromatic ring is 1. The predicted molar refractivity (Wildman–Crippen MR) is 122 cm³/mol. The van der Waals surface area contributed by atoms with Crippen LogP contribution < -0.4 is 16.5 Å². The van der Waals surface area contributed by atoms with Crippen molar-refractivity contribution < 1.29 is 14.8 Å². The van der Waals surface area contributed by atoms with Crippen LogP contribution in [0.25, 0.3) is 0 Å². The van der Waals surface area contributed by atoms with Gasteiger partial charge < -0.3 is 11.1 Å². The maximum atomic E-state index is 12.6. The molecule has 0 fully saturated rings. The topological polar surface area (TPSA) is 104 Å². The average Bonchev–Trinajstić information content (AvgIpc) is 2.83. The summed E-state index contributed by atoms with van der Waals surface area (Å²) >= 11 is 0. The fourth-order valence-electron chi connectivity index (χ4n) is 2.86. The monoisotopic (exact) mass is 423 g/mol. The second-order valence-corrected chi connectivity index (χ2v) is 6.89. The molecule has 32 heavy (non-hydrogen) atoms. The number of nitrogens with two attached hydrogens (primary N) is 1. The van der Waals surface area contributed by atoms with E-state index in [1.54, 1.807) is 41.9 Å². The van der Waals surface area contributed by atoms with Crippen LogP contribution in [0, 0.1) is 23.7 Å². The molecule has 0 aromatic heterocycles. The Balaban J connectivity index is 1.64. The van der Waals surface area contributed by atoms with Crippen molar-refractivity contribution in [3.8, 4) is 23.7 Å². The van der Waals surface area contributed by atoms with Gasteiger partial charge in [0.1, 0.15) is 6.04 Å². The third-order valence-corrected chi connectivity index (χ3v) is 4.55. The average molecular weight is 423 g/mol. The molecule has 0 unspecified atom stereocenters. The highest BCUT2D eigenvalue weighted by Crippen LogP contribution is 2.07. The highest BCUT2D eigenvalue weighted by Gasteiger charge is 2.21. The van der Waals surface area contributed by atoms with Gasteiger partial charge in [-0.15, -0.1) is 0 Å². The van der Waals surface area contributed by atoms with Crippen LogP contribution in [0.3, 0.4) is 0 Å². The van der Waals surface area contributed by atoms with Gasteiger partial charge in [0.05, 0.1) is 0 Å². The number of anilines is 1. The molecular weight excluding hydrogens is 402 g/mol. The molecule has 158 valence electrons. The number of carbonyl (C=O) groups excluding carboxylic acids is 2.